The van der Waals surface area contributed by atoms with Gasteiger partial charge in [0.1, 0.15) is 5.82 Å². The van der Waals surface area contributed by atoms with Gasteiger partial charge < -0.3 is 15.8 Å². The van der Waals surface area contributed by atoms with Gasteiger partial charge in [-0.25, -0.2) is 13.9 Å². The number of amides is 1. The Hall–Kier alpha value is -4.52. The second-order valence-electron chi connectivity index (χ2n) is 7.29. The Bertz CT molecular complexity index is 1430. The van der Waals surface area contributed by atoms with Crippen molar-refractivity contribution < 1.29 is 22.7 Å². The Balaban J connectivity index is 1.57. The van der Waals surface area contributed by atoms with Crippen molar-refractivity contribution in [2.24, 2.45) is 0 Å². The molecule has 1 atom stereocenters. The first kappa shape index (κ1) is 22.7. The van der Waals surface area contributed by atoms with E-state index in [1.165, 1.54) is 35.1 Å². The number of hydrogen-bond acceptors (Lipinski definition) is 5. The summed E-state index contributed by atoms with van der Waals surface area (Å²) < 4.78 is 44.3. The van der Waals surface area contributed by atoms with Gasteiger partial charge in [0, 0.05) is 29.6 Å². The summed E-state index contributed by atoms with van der Waals surface area (Å²) in [6.07, 6.45) is 4.40. The van der Waals surface area contributed by atoms with Gasteiger partial charge in [-0.15, -0.1) is 0 Å². The summed E-state index contributed by atoms with van der Waals surface area (Å²) in [4.78, 5) is 16.7. The maximum absolute atomic E-state index is 13.5. The molecule has 10 heteroatoms. The van der Waals surface area contributed by atoms with Crippen molar-refractivity contribution >= 4 is 17.2 Å². The number of nitrogens with zero attached hydrogens (tertiary/aromatic N) is 3. The molecule has 0 unspecified atom stereocenters. The molecule has 1 aromatic carbocycles. The molecule has 0 radical (unpaired) electrons. The summed E-state index contributed by atoms with van der Waals surface area (Å²) in [6, 6.07) is 10.2. The van der Waals surface area contributed by atoms with E-state index >= 15 is 0 Å². The Morgan fingerprint density at radius 3 is 2.71 bits per heavy atom. The second kappa shape index (κ2) is 9.54. The molecule has 0 saturated carbocycles. The quantitative estimate of drug-likeness (QED) is 0.436. The molecule has 0 aliphatic carbocycles. The number of hydrogen-bond donors (Lipinski definition) is 2. The summed E-state index contributed by atoms with van der Waals surface area (Å²) in [5.74, 6) is 4.50. The molecule has 3 aromatic heterocycles. The number of alkyl halides is 2. The highest BCUT2D eigenvalue weighted by molar-refractivity contribution is 6.01. The van der Waals surface area contributed by atoms with Gasteiger partial charge in [-0.1, -0.05) is 24.0 Å². The molecule has 172 valence electrons. The average molecular weight is 465 g/mol. The highest BCUT2D eigenvalue weighted by Gasteiger charge is 2.16. The van der Waals surface area contributed by atoms with Crippen LogP contribution in [0.2, 0.25) is 0 Å². The largest absolute Gasteiger partial charge is 0.431 e. The van der Waals surface area contributed by atoms with Crippen molar-refractivity contribution in [2.75, 3.05) is 5.73 Å². The molecule has 4 rings (SSSR count). The monoisotopic (exact) mass is 465 g/mol. The number of rotatable bonds is 5. The Morgan fingerprint density at radius 1 is 1.15 bits per heavy atom. The van der Waals surface area contributed by atoms with Crippen LogP contribution < -0.4 is 15.8 Å². The van der Waals surface area contributed by atoms with Crippen LogP contribution in [-0.4, -0.2) is 27.1 Å². The number of carbonyl (C=O) groups excluding carboxylic acids is 1. The number of carbonyl (C=O) groups is 1. The number of ether oxygens (including phenoxy) is 1. The molecule has 1 amide bonds. The highest BCUT2D eigenvalue weighted by atomic mass is 19.3. The van der Waals surface area contributed by atoms with E-state index in [1.54, 1.807) is 37.4 Å². The Morgan fingerprint density at radius 2 is 1.94 bits per heavy atom. The standard InChI is InChI=1S/C24H18F3N5O2/c1-14(17-3-2-4-18(25)11-17)31-23(33)19-13-30-32-8-7-15(9-20(19)32)5-6-16-10-21(34-24(26)27)22(28)29-12-16/h2-4,7-14,24H,1H3,(H2,28,29)(H,31,33)/t14-/m0/s1. The van der Waals surface area contributed by atoms with E-state index in [-0.39, 0.29) is 23.3 Å². The number of nitrogens with one attached hydrogen (secondary N) is 1. The zero-order chi connectivity index (χ0) is 24.2. The van der Waals surface area contributed by atoms with Crippen LogP contribution in [0.4, 0.5) is 19.0 Å². The topological polar surface area (TPSA) is 94.5 Å². The van der Waals surface area contributed by atoms with Crippen LogP contribution in [0.1, 0.15) is 40.0 Å². The molecular formula is C24H18F3N5O2. The number of aromatic nitrogens is 3. The number of nitrogen functional groups attached to an aromatic ring is 1. The molecule has 34 heavy (non-hydrogen) atoms. The summed E-state index contributed by atoms with van der Waals surface area (Å²) in [5, 5.41) is 7.01. The molecule has 4 aromatic rings. The minimum absolute atomic E-state index is 0.172. The fraction of sp³-hybridized carbons (Fsp3) is 0.125. The molecule has 3 heterocycles. The first-order chi connectivity index (χ1) is 16.3. The van der Waals surface area contributed by atoms with Crippen molar-refractivity contribution in [3.63, 3.8) is 0 Å². The van der Waals surface area contributed by atoms with Crippen molar-refractivity contribution in [3.8, 4) is 17.6 Å². The normalized spacial score (nSPS) is 11.7. The maximum Gasteiger partial charge on any atom is 0.387 e. The Kier molecular flexibility index (Phi) is 6.36. The van der Waals surface area contributed by atoms with Crippen molar-refractivity contribution in [1.82, 2.24) is 19.9 Å². The number of pyridine rings is 2. The predicted octanol–water partition coefficient (Wildman–Crippen LogP) is 3.94. The van der Waals surface area contributed by atoms with Gasteiger partial charge in [0.15, 0.2) is 11.6 Å². The molecule has 0 aliphatic rings. The number of anilines is 1. The van der Waals surface area contributed by atoms with Crippen LogP contribution in [0.25, 0.3) is 5.52 Å². The van der Waals surface area contributed by atoms with Gasteiger partial charge in [0.25, 0.3) is 5.91 Å². The molecule has 3 N–H and O–H groups in total. The van der Waals surface area contributed by atoms with Gasteiger partial charge in [0.05, 0.1) is 23.3 Å². The third-order valence-corrected chi connectivity index (χ3v) is 4.91. The van der Waals surface area contributed by atoms with E-state index in [9.17, 15) is 18.0 Å². The molecule has 0 aliphatic heterocycles. The van der Waals surface area contributed by atoms with Crippen LogP contribution in [0.15, 0.2) is 61.1 Å². The predicted molar refractivity (Wildman–Crippen MR) is 119 cm³/mol. The fourth-order valence-corrected chi connectivity index (χ4v) is 3.23. The molecule has 0 bridgehead atoms. The number of benzene rings is 1. The van der Waals surface area contributed by atoms with Crippen LogP contribution in [0.5, 0.6) is 5.75 Å². The van der Waals surface area contributed by atoms with Gasteiger partial charge in [0.2, 0.25) is 0 Å². The number of fused-ring (bicyclic) bond motifs is 1. The van der Waals surface area contributed by atoms with Crippen LogP contribution in [-0.2, 0) is 0 Å². The number of halogens is 3. The first-order valence-electron chi connectivity index (χ1n) is 10.1. The van der Waals surface area contributed by atoms with E-state index in [2.05, 4.69) is 32.0 Å². The van der Waals surface area contributed by atoms with Crippen molar-refractivity contribution in [3.05, 3.63) is 89.1 Å². The molecule has 0 fully saturated rings. The highest BCUT2D eigenvalue weighted by Crippen LogP contribution is 2.22. The fourth-order valence-electron chi connectivity index (χ4n) is 3.23. The van der Waals surface area contributed by atoms with Gasteiger partial charge >= 0.3 is 6.61 Å². The SMILES string of the molecule is C[C@H](NC(=O)c1cnn2ccc(C#Cc3cnc(N)c(OC(F)F)c3)cc12)c1cccc(F)c1. The lowest BCUT2D eigenvalue weighted by Gasteiger charge is -2.14. The minimum atomic E-state index is -3.04. The van der Waals surface area contributed by atoms with E-state index in [0.29, 0.717) is 27.8 Å². The first-order valence-corrected chi connectivity index (χ1v) is 10.1. The van der Waals surface area contributed by atoms with Crippen LogP contribution >= 0.6 is 0 Å². The maximum atomic E-state index is 13.5. The molecule has 0 spiro atoms. The van der Waals surface area contributed by atoms with Gasteiger partial charge in [-0.3, -0.25) is 4.79 Å². The second-order valence-corrected chi connectivity index (χ2v) is 7.29. The van der Waals surface area contributed by atoms with Crippen LogP contribution in [0.3, 0.4) is 0 Å². The van der Waals surface area contributed by atoms with E-state index in [4.69, 9.17) is 5.73 Å². The lowest BCUT2D eigenvalue weighted by Crippen LogP contribution is -2.26. The van der Waals surface area contributed by atoms with Crippen molar-refractivity contribution in [1.29, 1.82) is 0 Å². The van der Waals surface area contributed by atoms with Crippen LogP contribution in [0, 0.1) is 17.7 Å². The van der Waals surface area contributed by atoms with Crippen molar-refractivity contribution in [2.45, 2.75) is 19.6 Å². The minimum Gasteiger partial charge on any atom is -0.431 e. The average Bonchev–Trinajstić information content (AvgIpc) is 3.22. The molecular weight excluding hydrogens is 447 g/mol. The summed E-state index contributed by atoms with van der Waals surface area (Å²) in [7, 11) is 0. The zero-order valence-electron chi connectivity index (χ0n) is 17.8. The number of nitrogens with two attached hydrogens (primary N) is 1. The van der Waals surface area contributed by atoms with E-state index in [0.717, 1.165) is 0 Å². The lowest BCUT2D eigenvalue weighted by atomic mass is 10.1. The van der Waals surface area contributed by atoms with E-state index < -0.39 is 12.7 Å². The molecule has 0 saturated heterocycles. The van der Waals surface area contributed by atoms with Gasteiger partial charge in [-0.2, -0.15) is 13.9 Å². The zero-order valence-corrected chi connectivity index (χ0v) is 17.8. The van der Waals surface area contributed by atoms with E-state index in [1.807, 2.05) is 0 Å². The molecule has 7 nitrogen and oxygen atoms in total. The Labute approximate surface area is 192 Å². The third-order valence-electron chi connectivity index (χ3n) is 4.91. The van der Waals surface area contributed by atoms with Gasteiger partial charge in [-0.05, 0) is 36.8 Å². The lowest BCUT2D eigenvalue weighted by molar-refractivity contribution is -0.0495. The smallest absolute Gasteiger partial charge is 0.387 e. The summed E-state index contributed by atoms with van der Waals surface area (Å²) in [5.41, 5.74) is 7.85. The summed E-state index contributed by atoms with van der Waals surface area (Å²) >= 11 is 0. The summed E-state index contributed by atoms with van der Waals surface area (Å²) in [6.45, 7) is -1.29. The third kappa shape index (κ3) is 5.10.